The molecule has 0 saturated heterocycles. The van der Waals surface area contributed by atoms with Gasteiger partial charge in [0.2, 0.25) is 0 Å². The summed E-state index contributed by atoms with van der Waals surface area (Å²) in [5.41, 5.74) is 1.88. The minimum atomic E-state index is 0. The molecule has 0 unspecified atom stereocenters. The first-order valence-corrected chi connectivity index (χ1v) is 9.68. The van der Waals surface area contributed by atoms with Gasteiger partial charge in [0.1, 0.15) is 6.61 Å². The lowest BCUT2D eigenvalue weighted by atomic mass is 10.1. The molecule has 2 aromatic rings. The van der Waals surface area contributed by atoms with Crippen LogP contribution in [0.25, 0.3) is 0 Å². The maximum absolute atomic E-state index is 6.42. The summed E-state index contributed by atoms with van der Waals surface area (Å²) < 4.78 is 11.3. The Bertz CT molecular complexity index is 738. The summed E-state index contributed by atoms with van der Waals surface area (Å²) in [7, 11) is 1.60. The monoisotopic (exact) mass is 451 g/mol. The van der Waals surface area contributed by atoms with Crippen LogP contribution in [-0.4, -0.2) is 13.7 Å². The Kier molecular flexibility index (Phi) is 10.6. The van der Waals surface area contributed by atoms with Crippen LogP contribution in [0.15, 0.2) is 30.3 Å². The van der Waals surface area contributed by atoms with Gasteiger partial charge in [-0.05, 0) is 48.7 Å². The molecule has 0 saturated carbocycles. The Morgan fingerprint density at radius 2 is 1.78 bits per heavy atom. The third kappa shape index (κ3) is 7.59. The number of rotatable bonds is 9. The average Bonchev–Trinajstić information content (AvgIpc) is 2.58. The third-order valence-corrected chi connectivity index (χ3v) is 4.77. The predicted octanol–water partition coefficient (Wildman–Crippen LogP) is 6.79. The summed E-state index contributed by atoms with van der Waals surface area (Å²) in [5.74, 6) is 1.78. The molecule has 3 nitrogen and oxygen atoms in total. The van der Waals surface area contributed by atoms with E-state index in [1.807, 2.05) is 18.2 Å². The van der Waals surface area contributed by atoms with Crippen molar-refractivity contribution in [2.45, 2.75) is 33.4 Å². The predicted molar refractivity (Wildman–Crippen MR) is 117 cm³/mol. The van der Waals surface area contributed by atoms with Crippen molar-refractivity contribution >= 4 is 47.2 Å². The van der Waals surface area contributed by atoms with E-state index in [0.717, 1.165) is 30.6 Å². The number of hydrogen-bond acceptors (Lipinski definition) is 3. The molecule has 0 aliphatic carbocycles. The standard InChI is InChI=1S/C20H24Cl3NO2.ClH/c1-13(2)6-7-24-11-14-8-18(23)20(19(9-14)25-3)26-12-15-4-5-16(21)10-17(15)22;/h4-5,8-10,13,24H,6-7,11-12H2,1-3H3;1H. The molecule has 0 amide bonds. The topological polar surface area (TPSA) is 30.5 Å². The average molecular weight is 453 g/mol. The van der Waals surface area contributed by atoms with E-state index < -0.39 is 0 Å². The Balaban J connectivity index is 0.00000364. The highest BCUT2D eigenvalue weighted by Gasteiger charge is 2.13. The van der Waals surface area contributed by atoms with Crippen molar-refractivity contribution in [3.8, 4) is 11.5 Å². The van der Waals surface area contributed by atoms with E-state index in [4.69, 9.17) is 44.3 Å². The fraction of sp³-hybridized carbons (Fsp3) is 0.400. The molecule has 0 aliphatic heterocycles. The first-order chi connectivity index (χ1) is 12.4. The summed E-state index contributed by atoms with van der Waals surface area (Å²) >= 11 is 18.5. The van der Waals surface area contributed by atoms with Gasteiger partial charge in [-0.25, -0.2) is 0 Å². The Morgan fingerprint density at radius 3 is 2.41 bits per heavy atom. The maximum atomic E-state index is 6.42. The van der Waals surface area contributed by atoms with Gasteiger partial charge in [0.15, 0.2) is 11.5 Å². The summed E-state index contributed by atoms with van der Waals surface area (Å²) in [6, 6.07) is 9.12. The van der Waals surface area contributed by atoms with E-state index in [1.165, 1.54) is 0 Å². The number of methoxy groups -OCH3 is 1. The van der Waals surface area contributed by atoms with Crippen molar-refractivity contribution in [3.63, 3.8) is 0 Å². The zero-order valence-corrected chi connectivity index (χ0v) is 18.7. The van der Waals surface area contributed by atoms with Crippen molar-refractivity contribution in [3.05, 3.63) is 56.5 Å². The molecule has 0 atom stereocenters. The van der Waals surface area contributed by atoms with Crippen molar-refractivity contribution < 1.29 is 9.47 Å². The molecule has 0 spiro atoms. The highest BCUT2D eigenvalue weighted by atomic mass is 35.5. The Morgan fingerprint density at radius 1 is 1.04 bits per heavy atom. The number of benzene rings is 2. The molecule has 150 valence electrons. The molecule has 0 bridgehead atoms. The highest BCUT2D eigenvalue weighted by molar-refractivity contribution is 6.35. The molecule has 2 aromatic carbocycles. The van der Waals surface area contributed by atoms with Crippen LogP contribution in [-0.2, 0) is 13.2 Å². The smallest absolute Gasteiger partial charge is 0.180 e. The van der Waals surface area contributed by atoms with Gasteiger partial charge in [-0.2, -0.15) is 0 Å². The Labute approximate surface area is 182 Å². The molecule has 1 N–H and O–H groups in total. The third-order valence-electron chi connectivity index (χ3n) is 3.90. The van der Waals surface area contributed by atoms with Crippen LogP contribution < -0.4 is 14.8 Å². The number of nitrogens with one attached hydrogen (secondary N) is 1. The van der Waals surface area contributed by atoms with Gasteiger partial charge in [0.25, 0.3) is 0 Å². The molecule has 0 aliphatic rings. The number of halogens is 4. The molecule has 0 fully saturated rings. The largest absolute Gasteiger partial charge is 0.493 e. The van der Waals surface area contributed by atoms with E-state index in [9.17, 15) is 0 Å². The van der Waals surface area contributed by atoms with E-state index in [-0.39, 0.29) is 19.0 Å². The van der Waals surface area contributed by atoms with Gasteiger partial charge < -0.3 is 14.8 Å². The van der Waals surface area contributed by atoms with Crippen LogP contribution in [0, 0.1) is 5.92 Å². The van der Waals surface area contributed by atoms with Gasteiger partial charge in [0, 0.05) is 22.2 Å². The van der Waals surface area contributed by atoms with Crippen molar-refractivity contribution in [1.82, 2.24) is 5.32 Å². The lowest BCUT2D eigenvalue weighted by Gasteiger charge is -2.15. The van der Waals surface area contributed by atoms with Crippen LogP contribution in [0.2, 0.25) is 15.1 Å². The molecule has 0 heterocycles. The van der Waals surface area contributed by atoms with Crippen molar-refractivity contribution in [1.29, 1.82) is 0 Å². The van der Waals surface area contributed by atoms with Crippen molar-refractivity contribution in [2.24, 2.45) is 5.92 Å². The summed E-state index contributed by atoms with van der Waals surface area (Å²) in [5, 5.41) is 5.07. The lowest BCUT2D eigenvalue weighted by molar-refractivity contribution is 0.284. The second-order valence-corrected chi connectivity index (χ2v) is 7.74. The first kappa shape index (κ1) is 24.2. The van der Waals surface area contributed by atoms with Gasteiger partial charge >= 0.3 is 0 Å². The summed E-state index contributed by atoms with van der Waals surface area (Å²) in [6.07, 6.45) is 1.13. The fourth-order valence-corrected chi connectivity index (χ4v) is 3.18. The number of ether oxygens (including phenoxy) is 2. The van der Waals surface area contributed by atoms with Crippen LogP contribution in [0.3, 0.4) is 0 Å². The van der Waals surface area contributed by atoms with Crippen LogP contribution in [0.5, 0.6) is 11.5 Å². The van der Waals surface area contributed by atoms with Gasteiger partial charge in [0.05, 0.1) is 12.1 Å². The molecular weight excluding hydrogens is 428 g/mol. The van der Waals surface area contributed by atoms with Crippen LogP contribution >= 0.6 is 47.2 Å². The molecule has 2 rings (SSSR count). The second kappa shape index (κ2) is 11.9. The fourth-order valence-electron chi connectivity index (χ4n) is 2.43. The van der Waals surface area contributed by atoms with Gasteiger partial charge in [-0.3, -0.25) is 0 Å². The molecule has 27 heavy (non-hydrogen) atoms. The molecule has 7 heteroatoms. The number of hydrogen-bond donors (Lipinski definition) is 1. The van der Waals surface area contributed by atoms with Crippen molar-refractivity contribution in [2.75, 3.05) is 13.7 Å². The zero-order valence-electron chi connectivity index (χ0n) is 15.7. The lowest BCUT2D eigenvalue weighted by Crippen LogP contribution is -2.16. The molecule has 0 aromatic heterocycles. The van der Waals surface area contributed by atoms with Crippen LogP contribution in [0.4, 0.5) is 0 Å². The molecular formula is C20H25Cl4NO2. The quantitative estimate of drug-likeness (QED) is 0.424. The normalized spacial score (nSPS) is 10.6. The van der Waals surface area contributed by atoms with Gasteiger partial charge in [-0.1, -0.05) is 54.7 Å². The van der Waals surface area contributed by atoms with Gasteiger partial charge in [-0.15, -0.1) is 12.4 Å². The minimum absolute atomic E-state index is 0. The molecule has 0 radical (unpaired) electrons. The SMILES string of the molecule is COc1cc(CNCCC(C)C)cc(Cl)c1OCc1ccc(Cl)cc1Cl.Cl. The highest BCUT2D eigenvalue weighted by Crippen LogP contribution is 2.37. The van der Waals surface area contributed by atoms with E-state index >= 15 is 0 Å². The minimum Gasteiger partial charge on any atom is -0.493 e. The summed E-state index contributed by atoms with van der Waals surface area (Å²) in [4.78, 5) is 0. The Hall–Kier alpha value is -0.840. The van der Waals surface area contributed by atoms with E-state index in [2.05, 4.69) is 19.2 Å². The van der Waals surface area contributed by atoms with E-state index in [0.29, 0.717) is 32.5 Å². The first-order valence-electron chi connectivity index (χ1n) is 8.54. The van der Waals surface area contributed by atoms with Crippen LogP contribution in [0.1, 0.15) is 31.4 Å². The second-order valence-electron chi connectivity index (χ2n) is 6.49. The van der Waals surface area contributed by atoms with E-state index in [1.54, 1.807) is 19.2 Å². The zero-order chi connectivity index (χ0) is 19.1. The maximum Gasteiger partial charge on any atom is 0.180 e. The summed E-state index contributed by atoms with van der Waals surface area (Å²) in [6.45, 7) is 6.39.